The highest BCUT2D eigenvalue weighted by Crippen LogP contribution is 2.25. The number of methoxy groups -OCH3 is 2. The first-order valence-electron chi connectivity index (χ1n) is 7.14. The van der Waals surface area contributed by atoms with Gasteiger partial charge in [0, 0.05) is 18.2 Å². The summed E-state index contributed by atoms with van der Waals surface area (Å²) in [6.07, 6.45) is 0. The topological polar surface area (TPSA) is 103 Å². The van der Waals surface area contributed by atoms with Crippen LogP contribution in [0.3, 0.4) is 0 Å². The van der Waals surface area contributed by atoms with Gasteiger partial charge in [-0.05, 0) is 30.4 Å². The molecule has 0 aliphatic rings. The minimum Gasteiger partial charge on any atom is -0.497 e. The summed E-state index contributed by atoms with van der Waals surface area (Å²) >= 11 is 4.96. The number of ether oxygens (including phenoxy) is 2. The molecule has 136 valence electrons. The first-order valence-corrected chi connectivity index (χ1v) is 7.55. The van der Waals surface area contributed by atoms with Crippen LogP contribution in [-0.4, -0.2) is 30.2 Å². The van der Waals surface area contributed by atoms with Crippen molar-refractivity contribution in [1.29, 1.82) is 0 Å². The number of rotatable bonds is 5. The van der Waals surface area contributed by atoms with E-state index < -0.39 is 16.6 Å². The molecule has 2 rings (SSSR count). The fraction of sp³-hybridized carbons (Fsp3) is 0.125. The van der Waals surface area contributed by atoms with Gasteiger partial charge in [-0.3, -0.25) is 20.2 Å². The molecule has 0 heterocycles. The molecule has 0 fully saturated rings. The highest BCUT2D eigenvalue weighted by atomic mass is 32.1. The molecule has 0 aliphatic carbocycles. The van der Waals surface area contributed by atoms with Gasteiger partial charge in [-0.15, -0.1) is 0 Å². The average Bonchev–Trinajstić information content (AvgIpc) is 2.62. The van der Waals surface area contributed by atoms with E-state index in [0.29, 0.717) is 5.75 Å². The Morgan fingerprint density at radius 3 is 2.54 bits per heavy atom. The Morgan fingerprint density at radius 2 is 1.92 bits per heavy atom. The maximum atomic E-state index is 13.8. The number of hydrogen-bond acceptors (Lipinski definition) is 6. The summed E-state index contributed by atoms with van der Waals surface area (Å²) in [6, 6.07) is 7.48. The largest absolute Gasteiger partial charge is 0.497 e. The SMILES string of the molecule is COc1ccc(C(=O)NC(=S)Nc2cc([N+](=O)[O-])ccc2F)c(OC)c1. The third-order valence-electron chi connectivity index (χ3n) is 3.29. The number of carbonyl (C=O) groups is 1. The molecule has 10 heteroatoms. The number of halogens is 1. The zero-order chi connectivity index (χ0) is 19.3. The molecule has 1 amide bonds. The van der Waals surface area contributed by atoms with Gasteiger partial charge in [-0.1, -0.05) is 0 Å². The minimum absolute atomic E-state index is 0.178. The summed E-state index contributed by atoms with van der Waals surface area (Å²) in [5.74, 6) is -0.606. The van der Waals surface area contributed by atoms with E-state index in [1.807, 2.05) is 0 Å². The van der Waals surface area contributed by atoms with Crippen molar-refractivity contribution in [3.05, 3.63) is 57.9 Å². The molecule has 2 aromatic rings. The number of benzene rings is 2. The highest BCUT2D eigenvalue weighted by Gasteiger charge is 2.16. The molecule has 2 aromatic carbocycles. The van der Waals surface area contributed by atoms with Crippen LogP contribution in [0, 0.1) is 15.9 Å². The molecule has 0 radical (unpaired) electrons. The van der Waals surface area contributed by atoms with Gasteiger partial charge in [0.25, 0.3) is 11.6 Å². The third-order valence-corrected chi connectivity index (χ3v) is 3.49. The predicted octanol–water partition coefficient (Wildman–Crippen LogP) is 2.88. The Kier molecular flexibility index (Phi) is 6.02. The molecule has 0 atom stereocenters. The smallest absolute Gasteiger partial charge is 0.271 e. The highest BCUT2D eigenvalue weighted by molar-refractivity contribution is 7.80. The lowest BCUT2D eigenvalue weighted by molar-refractivity contribution is -0.384. The molecule has 8 nitrogen and oxygen atoms in total. The van der Waals surface area contributed by atoms with E-state index in [-0.39, 0.29) is 27.8 Å². The minimum atomic E-state index is -0.755. The molecule has 0 saturated heterocycles. The first-order chi connectivity index (χ1) is 12.3. The van der Waals surface area contributed by atoms with Gasteiger partial charge in [0.05, 0.1) is 30.4 Å². The Labute approximate surface area is 153 Å². The summed E-state index contributed by atoms with van der Waals surface area (Å²) in [4.78, 5) is 22.4. The van der Waals surface area contributed by atoms with E-state index in [1.165, 1.54) is 26.4 Å². The Hall–Kier alpha value is -3.27. The average molecular weight is 379 g/mol. The van der Waals surface area contributed by atoms with E-state index in [0.717, 1.165) is 18.2 Å². The standard InChI is InChI=1S/C16H14FN3O5S/c1-24-10-4-5-11(14(8-10)25-2)15(21)19-16(26)18-13-7-9(20(22)23)3-6-12(13)17/h3-8H,1-2H3,(H2,18,19,21,26). The van der Waals surface area contributed by atoms with Crippen LogP contribution in [0.4, 0.5) is 15.8 Å². The van der Waals surface area contributed by atoms with Crippen molar-refractivity contribution in [2.24, 2.45) is 0 Å². The fourth-order valence-electron chi connectivity index (χ4n) is 2.03. The van der Waals surface area contributed by atoms with Crippen molar-refractivity contribution in [3.8, 4) is 11.5 Å². The summed E-state index contributed by atoms with van der Waals surface area (Å²) < 4.78 is 23.9. The number of nitro benzene ring substituents is 1. The Bertz CT molecular complexity index is 875. The number of nitrogens with one attached hydrogen (secondary N) is 2. The van der Waals surface area contributed by atoms with Crippen LogP contribution < -0.4 is 20.1 Å². The van der Waals surface area contributed by atoms with Crippen molar-refractivity contribution in [3.63, 3.8) is 0 Å². The van der Waals surface area contributed by atoms with Crippen LogP contribution in [0.2, 0.25) is 0 Å². The van der Waals surface area contributed by atoms with Crippen LogP contribution in [0.5, 0.6) is 11.5 Å². The maximum absolute atomic E-state index is 13.8. The number of hydrogen-bond donors (Lipinski definition) is 2. The van der Waals surface area contributed by atoms with Crippen LogP contribution in [0.15, 0.2) is 36.4 Å². The monoisotopic (exact) mass is 379 g/mol. The number of amides is 1. The Morgan fingerprint density at radius 1 is 1.19 bits per heavy atom. The molecule has 0 aromatic heterocycles. The number of nitro groups is 1. The number of non-ortho nitro benzene ring substituents is 1. The molecule has 26 heavy (non-hydrogen) atoms. The first kappa shape index (κ1) is 19.1. The van der Waals surface area contributed by atoms with E-state index in [4.69, 9.17) is 21.7 Å². The summed E-state index contributed by atoms with van der Waals surface area (Å²) in [5.41, 5.74) is -0.372. The van der Waals surface area contributed by atoms with E-state index in [2.05, 4.69) is 10.6 Å². The van der Waals surface area contributed by atoms with Gasteiger partial charge in [0.2, 0.25) is 0 Å². The second-order valence-electron chi connectivity index (χ2n) is 4.90. The second-order valence-corrected chi connectivity index (χ2v) is 5.30. The van der Waals surface area contributed by atoms with Crippen molar-refractivity contribution in [2.75, 3.05) is 19.5 Å². The lowest BCUT2D eigenvalue weighted by Gasteiger charge is -2.13. The van der Waals surface area contributed by atoms with Crippen molar-refractivity contribution < 1.29 is 23.6 Å². The summed E-state index contributed by atoms with van der Waals surface area (Å²) in [5, 5.41) is 15.3. The van der Waals surface area contributed by atoms with Gasteiger partial charge in [-0.25, -0.2) is 4.39 Å². The van der Waals surface area contributed by atoms with Gasteiger partial charge >= 0.3 is 0 Å². The van der Waals surface area contributed by atoms with Gasteiger partial charge in [0.15, 0.2) is 5.11 Å². The number of carbonyl (C=O) groups excluding carboxylic acids is 1. The number of nitrogens with zero attached hydrogens (tertiary/aromatic N) is 1. The van der Waals surface area contributed by atoms with Crippen molar-refractivity contribution in [1.82, 2.24) is 5.32 Å². The van der Waals surface area contributed by atoms with E-state index in [1.54, 1.807) is 6.07 Å². The normalized spacial score (nSPS) is 9.96. The van der Waals surface area contributed by atoms with Gasteiger partial charge < -0.3 is 14.8 Å². The van der Waals surface area contributed by atoms with E-state index >= 15 is 0 Å². The zero-order valence-corrected chi connectivity index (χ0v) is 14.6. The lowest BCUT2D eigenvalue weighted by Crippen LogP contribution is -2.34. The molecular weight excluding hydrogens is 365 g/mol. The molecular formula is C16H14FN3O5S. The third kappa shape index (κ3) is 4.42. The number of anilines is 1. The molecule has 0 spiro atoms. The lowest BCUT2D eigenvalue weighted by atomic mass is 10.2. The zero-order valence-electron chi connectivity index (χ0n) is 13.7. The molecule has 0 bridgehead atoms. The van der Waals surface area contributed by atoms with Crippen LogP contribution in [-0.2, 0) is 0 Å². The quantitative estimate of drug-likeness (QED) is 0.468. The fourth-order valence-corrected chi connectivity index (χ4v) is 2.24. The van der Waals surface area contributed by atoms with E-state index in [9.17, 15) is 19.3 Å². The van der Waals surface area contributed by atoms with Crippen LogP contribution in [0.1, 0.15) is 10.4 Å². The van der Waals surface area contributed by atoms with Gasteiger partial charge in [0.1, 0.15) is 17.3 Å². The Balaban J connectivity index is 2.14. The molecule has 2 N–H and O–H groups in total. The summed E-state index contributed by atoms with van der Waals surface area (Å²) in [6.45, 7) is 0. The van der Waals surface area contributed by atoms with Crippen LogP contribution >= 0.6 is 12.2 Å². The predicted molar refractivity (Wildman–Crippen MR) is 96.3 cm³/mol. The molecule has 0 aliphatic heterocycles. The summed E-state index contributed by atoms with van der Waals surface area (Å²) in [7, 11) is 2.86. The number of thiocarbonyl (C=S) groups is 1. The second kappa shape index (κ2) is 8.21. The van der Waals surface area contributed by atoms with Gasteiger partial charge in [-0.2, -0.15) is 0 Å². The van der Waals surface area contributed by atoms with Crippen molar-refractivity contribution >= 4 is 34.6 Å². The molecule has 0 unspecified atom stereocenters. The maximum Gasteiger partial charge on any atom is 0.271 e. The molecule has 0 saturated carbocycles. The van der Waals surface area contributed by atoms with Crippen molar-refractivity contribution in [2.45, 2.75) is 0 Å². The van der Waals surface area contributed by atoms with Crippen LogP contribution in [0.25, 0.3) is 0 Å².